The molecule has 2 aliphatic heterocycles. The first kappa shape index (κ1) is 17.7. The van der Waals surface area contributed by atoms with Gasteiger partial charge < -0.3 is 5.32 Å². The molecular formula is C18H13F2N5O3. The fourth-order valence-electron chi connectivity index (χ4n) is 3.10. The maximum absolute atomic E-state index is 13.4. The van der Waals surface area contributed by atoms with E-state index in [0.29, 0.717) is 5.56 Å². The van der Waals surface area contributed by atoms with E-state index < -0.39 is 41.6 Å². The molecule has 0 spiro atoms. The van der Waals surface area contributed by atoms with E-state index in [1.807, 2.05) is 0 Å². The maximum Gasteiger partial charge on any atom is 0.344 e. The van der Waals surface area contributed by atoms with Gasteiger partial charge in [-0.25, -0.2) is 13.6 Å². The topological polar surface area (TPSA) is 94.4 Å². The number of amides is 4. The van der Waals surface area contributed by atoms with Crippen molar-refractivity contribution in [2.24, 2.45) is 10.3 Å². The van der Waals surface area contributed by atoms with Crippen LogP contribution in [-0.4, -0.2) is 39.8 Å². The number of imide groups is 1. The highest BCUT2D eigenvalue weighted by atomic mass is 19.1. The zero-order valence-electron chi connectivity index (χ0n) is 14.3. The fourth-order valence-corrected chi connectivity index (χ4v) is 3.10. The van der Waals surface area contributed by atoms with Crippen LogP contribution >= 0.6 is 0 Å². The van der Waals surface area contributed by atoms with Crippen molar-refractivity contribution in [1.29, 1.82) is 0 Å². The van der Waals surface area contributed by atoms with Crippen LogP contribution in [0, 0.1) is 11.6 Å². The molecule has 2 atom stereocenters. The zero-order valence-corrected chi connectivity index (χ0v) is 14.3. The van der Waals surface area contributed by atoms with Crippen LogP contribution in [-0.2, 0) is 16.1 Å². The molecular weight excluding hydrogens is 372 g/mol. The van der Waals surface area contributed by atoms with Crippen molar-refractivity contribution >= 4 is 23.5 Å². The summed E-state index contributed by atoms with van der Waals surface area (Å²) < 4.78 is 26.6. The number of nitrogens with one attached hydrogen (secondary N) is 1. The molecule has 10 heteroatoms. The summed E-state index contributed by atoms with van der Waals surface area (Å²) in [4.78, 5) is 38.6. The molecule has 4 amide bonds. The summed E-state index contributed by atoms with van der Waals surface area (Å²) in [7, 11) is 0. The Hall–Kier alpha value is -3.69. The Kier molecular flexibility index (Phi) is 4.30. The molecule has 28 heavy (non-hydrogen) atoms. The third kappa shape index (κ3) is 3.08. The van der Waals surface area contributed by atoms with Crippen LogP contribution in [0.2, 0.25) is 0 Å². The first-order valence-electron chi connectivity index (χ1n) is 8.30. The third-order valence-corrected chi connectivity index (χ3v) is 4.39. The number of hydrogen-bond acceptors (Lipinski definition) is 5. The molecule has 1 N–H and O–H groups in total. The van der Waals surface area contributed by atoms with Gasteiger partial charge in [0.1, 0.15) is 11.6 Å². The van der Waals surface area contributed by atoms with Gasteiger partial charge in [-0.1, -0.05) is 23.4 Å². The largest absolute Gasteiger partial charge is 0.344 e. The normalized spacial score (nSPS) is 20.6. The number of anilines is 1. The minimum Gasteiger partial charge on any atom is -0.306 e. The third-order valence-electron chi connectivity index (χ3n) is 4.39. The zero-order chi connectivity index (χ0) is 19.8. The number of rotatable bonds is 3. The molecule has 0 radical (unpaired) electrons. The van der Waals surface area contributed by atoms with Gasteiger partial charge in [0.15, 0.2) is 12.1 Å². The second kappa shape index (κ2) is 6.80. The SMILES string of the molecule is O=C1[C@@H]2N=NN(C(=O)Nc3cccc(F)c3)[C@H]2C(=O)N1Cc1cccc(F)c1. The molecule has 2 aromatic carbocycles. The highest BCUT2D eigenvalue weighted by Crippen LogP contribution is 2.30. The van der Waals surface area contributed by atoms with E-state index in [9.17, 15) is 23.2 Å². The standard InChI is InChI=1S/C18H13F2N5O3/c19-11-4-1-3-10(7-11)9-24-16(26)14-15(17(24)27)25(23-22-14)18(28)21-13-6-2-5-12(20)8-13/h1-8,14-15H,9H2,(H,21,28)/t14-,15-/m1/s1. The van der Waals surface area contributed by atoms with Crippen molar-refractivity contribution in [2.75, 3.05) is 5.32 Å². The van der Waals surface area contributed by atoms with Gasteiger partial charge in [-0.15, -0.1) is 0 Å². The van der Waals surface area contributed by atoms with Crippen molar-refractivity contribution in [3.8, 4) is 0 Å². The number of carbonyl (C=O) groups is 3. The molecule has 0 bridgehead atoms. The summed E-state index contributed by atoms with van der Waals surface area (Å²) in [6, 6.07) is 7.48. The average molecular weight is 385 g/mol. The van der Waals surface area contributed by atoms with Crippen LogP contribution < -0.4 is 5.32 Å². The maximum atomic E-state index is 13.4. The molecule has 0 aromatic heterocycles. The van der Waals surface area contributed by atoms with Crippen molar-refractivity contribution in [3.63, 3.8) is 0 Å². The number of fused-ring (bicyclic) bond motifs is 1. The van der Waals surface area contributed by atoms with E-state index in [1.54, 1.807) is 6.07 Å². The molecule has 8 nitrogen and oxygen atoms in total. The number of likely N-dealkylation sites (tertiary alicyclic amines) is 1. The molecule has 1 saturated heterocycles. The molecule has 2 heterocycles. The summed E-state index contributed by atoms with van der Waals surface area (Å²) in [5.41, 5.74) is 0.589. The number of urea groups is 1. The Morgan fingerprint density at radius 3 is 2.46 bits per heavy atom. The van der Waals surface area contributed by atoms with Gasteiger partial charge in [0.2, 0.25) is 0 Å². The van der Waals surface area contributed by atoms with Gasteiger partial charge in [-0.05, 0) is 35.9 Å². The molecule has 2 aromatic rings. The summed E-state index contributed by atoms with van der Waals surface area (Å²) >= 11 is 0. The van der Waals surface area contributed by atoms with Crippen LogP contribution in [0.1, 0.15) is 5.56 Å². The molecule has 4 rings (SSSR count). The second-order valence-electron chi connectivity index (χ2n) is 6.27. The van der Waals surface area contributed by atoms with Gasteiger partial charge in [-0.2, -0.15) is 10.1 Å². The van der Waals surface area contributed by atoms with Crippen LogP contribution in [0.15, 0.2) is 58.9 Å². The summed E-state index contributed by atoms with van der Waals surface area (Å²) in [6.45, 7) is -0.142. The lowest BCUT2D eigenvalue weighted by molar-refractivity contribution is -0.140. The van der Waals surface area contributed by atoms with Crippen molar-refractivity contribution in [3.05, 3.63) is 65.7 Å². The Balaban J connectivity index is 1.51. The first-order chi connectivity index (χ1) is 13.4. The first-order valence-corrected chi connectivity index (χ1v) is 8.30. The van der Waals surface area contributed by atoms with Gasteiger partial charge in [-0.3, -0.25) is 14.5 Å². The molecule has 1 fully saturated rings. The summed E-state index contributed by atoms with van der Waals surface area (Å²) in [6.07, 6.45) is 0. The molecule has 142 valence electrons. The predicted molar refractivity (Wildman–Crippen MR) is 91.6 cm³/mol. The van der Waals surface area contributed by atoms with Crippen molar-refractivity contribution < 1.29 is 23.2 Å². The smallest absolute Gasteiger partial charge is 0.306 e. The number of benzene rings is 2. The lowest BCUT2D eigenvalue weighted by Crippen LogP contribution is -2.44. The van der Waals surface area contributed by atoms with Gasteiger partial charge in [0.25, 0.3) is 11.8 Å². The number of halogens is 2. The van der Waals surface area contributed by atoms with E-state index in [-0.39, 0.29) is 12.2 Å². The minimum absolute atomic E-state index is 0.142. The second-order valence-corrected chi connectivity index (χ2v) is 6.27. The average Bonchev–Trinajstić information content (AvgIpc) is 3.18. The molecule has 0 unspecified atom stereocenters. The van der Waals surface area contributed by atoms with Crippen LogP contribution in [0.4, 0.5) is 19.3 Å². The molecule has 0 aliphatic carbocycles. The quantitative estimate of drug-likeness (QED) is 0.823. The van der Waals surface area contributed by atoms with Crippen molar-refractivity contribution in [1.82, 2.24) is 9.91 Å². The number of hydrogen-bond donors (Lipinski definition) is 1. The van der Waals surface area contributed by atoms with Gasteiger partial charge >= 0.3 is 6.03 Å². The van der Waals surface area contributed by atoms with Gasteiger partial charge in [0, 0.05) is 5.69 Å². The lowest BCUT2D eigenvalue weighted by atomic mass is 10.2. The Morgan fingerprint density at radius 1 is 1.04 bits per heavy atom. The van der Waals surface area contributed by atoms with E-state index in [4.69, 9.17) is 0 Å². The summed E-state index contributed by atoms with van der Waals surface area (Å²) in [5, 5.41) is 10.5. The minimum atomic E-state index is -1.23. The van der Waals surface area contributed by atoms with Crippen molar-refractivity contribution in [2.45, 2.75) is 18.6 Å². The van der Waals surface area contributed by atoms with E-state index in [1.165, 1.54) is 36.4 Å². The van der Waals surface area contributed by atoms with Crippen LogP contribution in [0.5, 0.6) is 0 Å². The highest BCUT2D eigenvalue weighted by Gasteiger charge is 2.55. The Bertz CT molecular complexity index is 1010. The van der Waals surface area contributed by atoms with Crippen LogP contribution in [0.3, 0.4) is 0 Å². The molecule has 2 aliphatic rings. The van der Waals surface area contributed by atoms with E-state index in [2.05, 4.69) is 15.7 Å². The highest BCUT2D eigenvalue weighted by molar-refractivity contribution is 6.11. The van der Waals surface area contributed by atoms with E-state index >= 15 is 0 Å². The Labute approximate surface area is 157 Å². The number of carbonyl (C=O) groups excluding carboxylic acids is 3. The monoisotopic (exact) mass is 385 g/mol. The van der Waals surface area contributed by atoms with Crippen LogP contribution in [0.25, 0.3) is 0 Å². The van der Waals surface area contributed by atoms with E-state index in [0.717, 1.165) is 16.0 Å². The predicted octanol–water partition coefficient (Wildman–Crippen LogP) is 2.49. The molecule has 0 saturated carbocycles. The number of nitrogens with zero attached hydrogens (tertiary/aromatic N) is 4. The Morgan fingerprint density at radius 2 is 1.75 bits per heavy atom. The lowest BCUT2D eigenvalue weighted by Gasteiger charge is -2.19. The fraction of sp³-hybridized carbons (Fsp3) is 0.167. The summed E-state index contributed by atoms with van der Waals surface area (Å²) in [5.74, 6) is -2.33. The van der Waals surface area contributed by atoms with Gasteiger partial charge in [0.05, 0.1) is 6.54 Å².